The van der Waals surface area contributed by atoms with E-state index in [1.165, 1.54) is 0 Å². The zero-order chi connectivity index (χ0) is 26.8. The van der Waals surface area contributed by atoms with E-state index < -0.39 is 29.6 Å². The number of benzene rings is 2. The lowest BCUT2D eigenvalue weighted by atomic mass is 10.1. The Labute approximate surface area is 214 Å². The van der Waals surface area contributed by atoms with E-state index in [-0.39, 0.29) is 13.2 Å². The van der Waals surface area contributed by atoms with Crippen LogP contribution < -0.4 is 10.1 Å². The lowest BCUT2D eigenvalue weighted by Crippen LogP contribution is -2.45. The molecule has 198 valence electrons. The maximum Gasteiger partial charge on any atom is 0.509 e. The monoisotopic (exact) mass is 500 g/mol. The first-order chi connectivity index (χ1) is 16.8. The molecule has 0 aliphatic rings. The van der Waals surface area contributed by atoms with Crippen LogP contribution in [0, 0.1) is 0 Å². The van der Waals surface area contributed by atoms with Gasteiger partial charge in [0.05, 0.1) is 6.54 Å². The second-order valence-electron chi connectivity index (χ2n) is 10.5. The van der Waals surface area contributed by atoms with E-state index in [1.54, 1.807) is 25.7 Å². The molecule has 36 heavy (non-hydrogen) atoms. The molecule has 1 N–H and O–H groups in total. The average Bonchev–Trinajstić information content (AvgIpc) is 2.78. The van der Waals surface area contributed by atoms with E-state index in [0.29, 0.717) is 18.7 Å². The van der Waals surface area contributed by atoms with Crippen molar-refractivity contribution < 1.29 is 28.5 Å². The highest BCUT2D eigenvalue weighted by Crippen LogP contribution is 2.16. The Kier molecular flexibility index (Phi) is 10.4. The molecule has 0 fully saturated rings. The first-order valence-corrected chi connectivity index (χ1v) is 12.2. The number of ether oxygens (including phenoxy) is 4. The maximum absolute atomic E-state index is 13.1. The smallest absolute Gasteiger partial charge is 0.490 e. The normalized spacial score (nSPS) is 12.3. The average molecular weight is 501 g/mol. The summed E-state index contributed by atoms with van der Waals surface area (Å²) < 4.78 is 22.4. The van der Waals surface area contributed by atoms with Crippen molar-refractivity contribution in [3.8, 4) is 5.75 Å². The van der Waals surface area contributed by atoms with Gasteiger partial charge in [-0.1, -0.05) is 30.3 Å². The maximum atomic E-state index is 13.1. The second-order valence-corrected chi connectivity index (χ2v) is 10.5. The number of nitrogens with zero attached hydrogens (tertiary/aromatic N) is 1. The molecule has 2 aromatic rings. The zero-order valence-electron chi connectivity index (χ0n) is 22.5. The zero-order valence-corrected chi connectivity index (χ0v) is 22.5. The lowest BCUT2D eigenvalue weighted by molar-refractivity contribution is -0.0455. The predicted molar refractivity (Wildman–Crippen MR) is 141 cm³/mol. The van der Waals surface area contributed by atoms with Crippen molar-refractivity contribution in [3.05, 3.63) is 60.2 Å². The largest absolute Gasteiger partial charge is 0.509 e. The Bertz CT molecular complexity index is 949. The first-order valence-electron chi connectivity index (χ1n) is 12.2. The molecule has 0 spiro atoms. The van der Waals surface area contributed by atoms with Crippen molar-refractivity contribution in [1.29, 1.82) is 0 Å². The summed E-state index contributed by atoms with van der Waals surface area (Å²) in [7, 11) is 1.86. The van der Waals surface area contributed by atoms with Crippen molar-refractivity contribution in [1.82, 2.24) is 4.90 Å². The van der Waals surface area contributed by atoms with Crippen LogP contribution in [0.15, 0.2) is 54.6 Å². The molecule has 8 nitrogen and oxygen atoms in total. The summed E-state index contributed by atoms with van der Waals surface area (Å²) in [6, 6.07) is 17.2. The molecule has 2 rings (SSSR count). The molecule has 0 radical (unpaired) electrons. The number of carbonyl (C=O) groups is 2. The Balaban J connectivity index is 2.18. The number of carbonyl (C=O) groups excluding carboxylic acids is 2. The lowest BCUT2D eigenvalue weighted by Gasteiger charge is -2.30. The van der Waals surface area contributed by atoms with Crippen molar-refractivity contribution in [2.75, 3.05) is 32.1 Å². The van der Waals surface area contributed by atoms with Gasteiger partial charge >= 0.3 is 12.2 Å². The third-order valence-corrected chi connectivity index (χ3v) is 4.82. The molecule has 1 amide bonds. The van der Waals surface area contributed by atoms with Gasteiger partial charge in [-0.15, -0.1) is 0 Å². The van der Waals surface area contributed by atoms with Crippen molar-refractivity contribution in [3.63, 3.8) is 0 Å². The van der Waals surface area contributed by atoms with Crippen LogP contribution in [0.3, 0.4) is 0 Å². The van der Waals surface area contributed by atoms with Gasteiger partial charge in [0.2, 0.25) is 0 Å². The van der Waals surface area contributed by atoms with E-state index in [0.717, 1.165) is 11.3 Å². The molecule has 2 aromatic carbocycles. The highest BCUT2D eigenvalue weighted by atomic mass is 16.7. The molecule has 0 bridgehead atoms. The predicted octanol–water partition coefficient (Wildman–Crippen LogP) is 5.91. The SMILES string of the molecule is CNc1ccc(CCN(C[C@@H](COc2ccccc2)OC(=O)OC(C)(C)C)C(=O)OC(C)(C)C)cc1. The number of amides is 1. The molecule has 0 heterocycles. The van der Waals surface area contributed by atoms with Gasteiger partial charge in [0.1, 0.15) is 23.6 Å². The molecular formula is C28H40N2O6. The summed E-state index contributed by atoms with van der Waals surface area (Å²) in [6.07, 6.45) is -1.50. The summed E-state index contributed by atoms with van der Waals surface area (Å²) in [4.78, 5) is 27.1. The Morgan fingerprint density at radius 3 is 2.06 bits per heavy atom. The molecule has 1 atom stereocenters. The van der Waals surface area contributed by atoms with Crippen LogP contribution in [0.4, 0.5) is 15.3 Å². The van der Waals surface area contributed by atoms with Gasteiger partial charge in [0, 0.05) is 19.3 Å². The third-order valence-electron chi connectivity index (χ3n) is 4.82. The van der Waals surface area contributed by atoms with Gasteiger partial charge in [-0.2, -0.15) is 0 Å². The van der Waals surface area contributed by atoms with Gasteiger partial charge in [-0.05, 0) is 77.8 Å². The number of anilines is 1. The fraction of sp³-hybridized carbons (Fsp3) is 0.500. The quantitative estimate of drug-likeness (QED) is 0.406. The van der Waals surface area contributed by atoms with Gasteiger partial charge in [0.25, 0.3) is 0 Å². The Morgan fingerprint density at radius 1 is 0.889 bits per heavy atom. The number of para-hydroxylation sites is 1. The summed E-state index contributed by atoms with van der Waals surface area (Å²) in [5.41, 5.74) is 0.678. The third kappa shape index (κ3) is 11.3. The van der Waals surface area contributed by atoms with Gasteiger partial charge in [-0.3, -0.25) is 0 Å². The van der Waals surface area contributed by atoms with Crippen molar-refractivity contribution in [2.24, 2.45) is 0 Å². The van der Waals surface area contributed by atoms with E-state index in [2.05, 4.69) is 5.32 Å². The second kappa shape index (κ2) is 13.0. The van der Waals surface area contributed by atoms with Crippen molar-refractivity contribution >= 4 is 17.9 Å². The topological polar surface area (TPSA) is 86.3 Å². The summed E-state index contributed by atoms with van der Waals surface area (Å²) in [5.74, 6) is 0.628. The summed E-state index contributed by atoms with van der Waals surface area (Å²) in [6.45, 7) is 11.2. The summed E-state index contributed by atoms with van der Waals surface area (Å²) >= 11 is 0. The van der Waals surface area contributed by atoms with Gasteiger partial charge < -0.3 is 29.2 Å². The van der Waals surface area contributed by atoms with Crippen LogP contribution in [0.25, 0.3) is 0 Å². The van der Waals surface area contributed by atoms with Gasteiger partial charge in [-0.25, -0.2) is 9.59 Å². The van der Waals surface area contributed by atoms with Crippen LogP contribution in [-0.2, 0) is 20.6 Å². The van der Waals surface area contributed by atoms with Crippen LogP contribution >= 0.6 is 0 Å². The minimum Gasteiger partial charge on any atom is -0.490 e. The summed E-state index contributed by atoms with van der Waals surface area (Å²) in [5, 5.41) is 3.09. The van der Waals surface area contributed by atoms with Crippen LogP contribution in [-0.4, -0.2) is 61.2 Å². The number of hydrogen-bond donors (Lipinski definition) is 1. The molecule has 0 aliphatic heterocycles. The highest BCUT2D eigenvalue weighted by molar-refractivity contribution is 5.68. The van der Waals surface area contributed by atoms with Crippen LogP contribution in [0.5, 0.6) is 5.75 Å². The van der Waals surface area contributed by atoms with Crippen LogP contribution in [0.2, 0.25) is 0 Å². The van der Waals surface area contributed by atoms with Crippen LogP contribution in [0.1, 0.15) is 47.1 Å². The minimum absolute atomic E-state index is 0.0411. The highest BCUT2D eigenvalue weighted by Gasteiger charge is 2.28. The van der Waals surface area contributed by atoms with E-state index >= 15 is 0 Å². The molecule has 0 aliphatic carbocycles. The number of nitrogens with one attached hydrogen (secondary N) is 1. The minimum atomic E-state index is -0.823. The van der Waals surface area contributed by atoms with E-state index in [4.69, 9.17) is 18.9 Å². The fourth-order valence-corrected chi connectivity index (χ4v) is 3.17. The number of rotatable bonds is 10. The molecule has 0 aromatic heterocycles. The number of hydrogen-bond acceptors (Lipinski definition) is 7. The first kappa shape index (κ1) is 28.8. The Hall–Kier alpha value is -3.42. The standard InChI is InChI=1S/C28H40N2O6/c1-27(2,3)35-25(31)30(18-17-21-13-15-22(29-7)16-14-21)19-24(34-26(32)36-28(4,5)6)20-33-23-11-9-8-10-12-23/h8-16,24,29H,17-20H2,1-7H3/t24-/m0/s1. The molecule has 0 saturated heterocycles. The van der Waals surface area contributed by atoms with Gasteiger partial charge in [0.15, 0.2) is 6.10 Å². The molecular weight excluding hydrogens is 460 g/mol. The van der Waals surface area contributed by atoms with E-state index in [9.17, 15) is 9.59 Å². The Morgan fingerprint density at radius 2 is 1.50 bits per heavy atom. The molecule has 0 saturated carbocycles. The van der Waals surface area contributed by atoms with E-state index in [1.807, 2.05) is 82.4 Å². The fourth-order valence-electron chi connectivity index (χ4n) is 3.17. The van der Waals surface area contributed by atoms with Crippen molar-refractivity contribution in [2.45, 2.75) is 65.3 Å². The molecule has 0 unspecified atom stereocenters. The molecule has 8 heteroatoms.